The maximum absolute atomic E-state index is 12.4. The van der Waals surface area contributed by atoms with E-state index in [9.17, 15) is 9.59 Å². The van der Waals surface area contributed by atoms with Crippen molar-refractivity contribution in [3.05, 3.63) is 69.2 Å². The van der Waals surface area contributed by atoms with Crippen LogP contribution in [0.15, 0.2) is 42.5 Å². The van der Waals surface area contributed by atoms with E-state index in [1.165, 1.54) is 13.0 Å². The SMILES string of the molecule is CC(=O)c1ccccc1C(=O)c1ccc(Cl)c(Cl)c1. The lowest BCUT2D eigenvalue weighted by Gasteiger charge is -2.06. The van der Waals surface area contributed by atoms with E-state index >= 15 is 0 Å². The van der Waals surface area contributed by atoms with Gasteiger partial charge in [-0.05, 0) is 25.1 Å². The maximum Gasteiger partial charge on any atom is 0.193 e. The van der Waals surface area contributed by atoms with Crippen LogP contribution in [0.25, 0.3) is 0 Å². The molecule has 0 atom stereocenters. The van der Waals surface area contributed by atoms with E-state index in [0.29, 0.717) is 26.7 Å². The highest BCUT2D eigenvalue weighted by Crippen LogP contribution is 2.24. The van der Waals surface area contributed by atoms with Crippen LogP contribution in [0.3, 0.4) is 0 Å². The molecule has 0 unspecified atom stereocenters. The van der Waals surface area contributed by atoms with Crippen molar-refractivity contribution in [1.29, 1.82) is 0 Å². The van der Waals surface area contributed by atoms with Gasteiger partial charge in [0.25, 0.3) is 0 Å². The first kappa shape index (κ1) is 13.8. The van der Waals surface area contributed by atoms with Crippen LogP contribution >= 0.6 is 23.2 Å². The summed E-state index contributed by atoms with van der Waals surface area (Å²) in [5.74, 6) is -0.395. The van der Waals surface area contributed by atoms with Crippen molar-refractivity contribution in [2.24, 2.45) is 0 Å². The summed E-state index contributed by atoms with van der Waals surface area (Å²) in [6, 6.07) is 11.4. The summed E-state index contributed by atoms with van der Waals surface area (Å²) >= 11 is 11.7. The van der Waals surface area contributed by atoms with Crippen LogP contribution in [0.1, 0.15) is 33.2 Å². The van der Waals surface area contributed by atoms with Gasteiger partial charge < -0.3 is 0 Å². The van der Waals surface area contributed by atoms with Crippen molar-refractivity contribution < 1.29 is 9.59 Å². The number of benzene rings is 2. The first-order valence-electron chi connectivity index (χ1n) is 5.60. The first-order chi connectivity index (χ1) is 9.00. The Morgan fingerprint density at radius 3 is 2.11 bits per heavy atom. The van der Waals surface area contributed by atoms with E-state index in [1.807, 2.05) is 0 Å². The molecule has 2 nitrogen and oxygen atoms in total. The zero-order valence-electron chi connectivity index (χ0n) is 10.1. The van der Waals surface area contributed by atoms with Gasteiger partial charge in [-0.15, -0.1) is 0 Å². The molecule has 2 rings (SSSR count). The van der Waals surface area contributed by atoms with Gasteiger partial charge >= 0.3 is 0 Å². The maximum atomic E-state index is 12.4. The third-order valence-electron chi connectivity index (χ3n) is 2.73. The van der Waals surface area contributed by atoms with E-state index < -0.39 is 0 Å². The van der Waals surface area contributed by atoms with Gasteiger partial charge in [-0.3, -0.25) is 9.59 Å². The number of halogens is 2. The number of carbonyl (C=O) groups excluding carboxylic acids is 2. The first-order valence-corrected chi connectivity index (χ1v) is 6.36. The highest BCUT2D eigenvalue weighted by molar-refractivity contribution is 6.42. The molecule has 0 saturated carbocycles. The van der Waals surface area contributed by atoms with Crippen LogP contribution in [-0.4, -0.2) is 11.6 Å². The molecule has 0 heterocycles. The molecule has 0 amide bonds. The second kappa shape index (κ2) is 5.55. The third-order valence-corrected chi connectivity index (χ3v) is 3.47. The molecule has 96 valence electrons. The lowest BCUT2D eigenvalue weighted by Crippen LogP contribution is -2.08. The van der Waals surface area contributed by atoms with Gasteiger partial charge in [0.15, 0.2) is 11.6 Å². The molecule has 0 fully saturated rings. The second-order valence-electron chi connectivity index (χ2n) is 4.06. The lowest BCUT2D eigenvalue weighted by molar-refractivity contribution is 0.0990. The Morgan fingerprint density at radius 1 is 0.895 bits per heavy atom. The van der Waals surface area contributed by atoms with Gasteiger partial charge in [-0.2, -0.15) is 0 Å². The van der Waals surface area contributed by atoms with Crippen molar-refractivity contribution in [3.63, 3.8) is 0 Å². The molecule has 0 aliphatic heterocycles. The number of hydrogen-bond acceptors (Lipinski definition) is 2. The van der Waals surface area contributed by atoms with E-state index in [2.05, 4.69) is 0 Å². The number of ketones is 2. The summed E-state index contributed by atoms with van der Waals surface area (Å²) in [7, 11) is 0. The fraction of sp³-hybridized carbons (Fsp3) is 0.0667. The number of Topliss-reactive ketones (excluding diaryl/α,β-unsaturated/α-hetero) is 1. The zero-order valence-corrected chi connectivity index (χ0v) is 11.6. The van der Waals surface area contributed by atoms with Crippen LogP contribution in [0, 0.1) is 0 Å². The number of hydrogen-bond donors (Lipinski definition) is 0. The minimum Gasteiger partial charge on any atom is -0.294 e. The Hall–Kier alpha value is -1.64. The summed E-state index contributed by atoms with van der Waals surface area (Å²) in [4.78, 5) is 23.9. The Morgan fingerprint density at radius 2 is 1.53 bits per heavy atom. The van der Waals surface area contributed by atoms with Crippen LogP contribution in [0.2, 0.25) is 10.0 Å². The van der Waals surface area contributed by atoms with Gasteiger partial charge in [0.1, 0.15) is 0 Å². The lowest BCUT2D eigenvalue weighted by atomic mass is 9.96. The summed E-state index contributed by atoms with van der Waals surface area (Å²) in [5.41, 5.74) is 1.18. The molecule has 0 radical (unpaired) electrons. The van der Waals surface area contributed by atoms with Crippen molar-refractivity contribution in [2.75, 3.05) is 0 Å². The molecule has 0 spiro atoms. The molecule has 4 heteroatoms. The topological polar surface area (TPSA) is 34.1 Å². The van der Waals surface area contributed by atoms with Crippen LogP contribution in [-0.2, 0) is 0 Å². The highest BCUT2D eigenvalue weighted by Gasteiger charge is 2.16. The minimum absolute atomic E-state index is 0.149. The number of rotatable bonds is 3. The van der Waals surface area contributed by atoms with Gasteiger partial charge in [0.05, 0.1) is 10.0 Å². The van der Waals surface area contributed by atoms with E-state index in [0.717, 1.165) is 0 Å². The predicted molar refractivity (Wildman–Crippen MR) is 76.3 cm³/mol. The number of carbonyl (C=O) groups is 2. The average molecular weight is 293 g/mol. The van der Waals surface area contributed by atoms with E-state index in [-0.39, 0.29) is 11.6 Å². The van der Waals surface area contributed by atoms with Crippen molar-refractivity contribution in [1.82, 2.24) is 0 Å². The van der Waals surface area contributed by atoms with Gasteiger partial charge in [0.2, 0.25) is 0 Å². The molecule has 2 aromatic rings. The molecule has 0 N–H and O–H groups in total. The van der Waals surface area contributed by atoms with E-state index in [4.69, 9.17) is 23.2 Å². The molecule has 0 saturated heterocycles. The Labute approximate surface area is 121 Å². The average Bonchev–Trinajstić information content (AvgIpc) is 2.41. The van der Waals surface area contributed by atoms with Gasteiger partial charge in [-0.25, -0.2) is 0 Å². The standard InChI is InChI=1S/C15H10Cl2O2/c1-9(18)11-4-2-3-5-12(11)15(19)10-6-7-13(16)14(17)8-10/h2-8H,1H3. The largest absolute Gasteiger partial charge is 0.294 e. The molecular formula is C15H10Cl2O2. The fourth-order valence-electron chi connectivity index (χ4n) is 1.78. The van der Waals surface area contributed by atoms with Crippen LogP contribution < -0.4 is 0 Å². The van der Waals surface area contributed by atoms with Crippen LogP contribution in [0.4, 0.5) is 0 Å². The molecule has 0 aliphatic carbocycles. The highest BCUT2D eigenvalue weighted by atomic mass is 35.5. The quantitative estimate of drug-likeness (QED) is 0.785. The van der Waals surface area contributed by atoms with E-state index in [1.54, 1.807) is 36.4 Å². The van der Waals surface area contributed by atoms with Crippen molar-refractivity contribution in [2.45, 2.75) is 6.92 Å². The summed E-state index contributed by atoms with van der Waals surface area (Å²) in [5, 5.41) is 0.700. The molecule has 0 aliphatic rings. The Kier molecular flexibility index (Phi) is 4.03. The second-order valence-corrected chi connectivity index (χ2v) is 4.87. The van der Waals surface area contributed by atoms with Crippen molar-refractivity contribution in [3.8, 4) is 0 Å². The fourth-order valence-corrected chi connectivity index (χ4v) is 2.08. The summed E-state index contributed by atoms with van der Waals surface area (Å²) in [6.45, 7) is 1.43. The van der Waals surface area contributed by atoms with Crippen molar-refractivity contribution >= 4 is 34.8 Å². The Balaban J connectivity index is 2.50. The smallest absolute Gasteiger partial charge is 0.193 e. The minimum atomic E-state index is -0.246. The zero-order chi connectivity index (χ0) is 14.0. The van der Waals surface area contributed by atoms with Gasteiger partial charge in [0, 0.05) is 16.7 Å². The third kappa shape index (κ3) is 2.86. The summed E-state index contributed by atoms with van der Waals surface area (Å²) < 4.78 is 0. The molecular weight excluding hydrogens is 283 g/mol. The summed E-state index contributed by atoms with van der Waals surface area (Å²) in [6.07, 6.45) is 0. The van der Waals surface area contributed by atoms with Crippen LogP contribution in [0.5, 0.6) is 0 Å². The monoisotopic (exact) mass is 292 g/mol. The molecule has 2 aromatic carbocycles. The molecule has 0 aromatic heterocycles. The Bertz CT molecular complexity index is 663. The normalized spacial score (nSPS) is 10.3. The predicted octanol–water partition coefficient (Wildman–Crippen LogP) is 4.43. The molecule has 19 heavy (non-hydrogen) atoms. The molecule has 0 bridgehead atoms. The van der Waals surface area contributed by atoms with Gasteiger partial charge in [-0.1, -0.05) is 47.5 Å².